The Morgan fingerprint density at radius 3 is 2.67 bits per heavy atom. The van der Waals surface area contributed by atoms with Crippen molar-refractivity contribution in [1.82, 2.24) is 4.98 Å². The highest BCUT2D eigenvalue weighted by Gasteiger charge is 2.35. The van der Waals surface area contributed by atoms with Gasteiger partial charge in [0.05, 0.1) is 17.1 Å². The molecule has 0 saturated carbocycles. The fraction of sp³-hybridized carbons (Fsp3) is 0.211. The summed E-state index contributed by atoms with van der Waals surface area (Å²) in [5.41, 5.74) is 2.68. The van der Waals surface area contributed by atoms with Gasteiger partial charge >= 0.3 is 0 Å². The number of hydrogen-bond acceptors (Lipinski definition) is 5. The molecule has 1 aliphatic heterocycles. The van der Waals surface area contributed by atoms with Crippen LogP contribution in [0, 0.1) is 0 Å². The molecule has 2 heterocycles. The number of benzene rings is 2. The van der Waals surface area contributed by atoms with E-state index in [0.717, 1.165) is 28.2 Å². The zero-order valence-electron chi connectivity index (χ0n) is 14.6. The molecule has 1 N–H and O–H groups in total. The van der Waals surface area contributed by atoms with Crippen LogP contribution in [-0.4, -0.2) is 19.4 Å². The Kier molecular flexibility index (Phi) is 4.84. The lowest BCUT2D eigenvalue weighted by molar-refractivity contribution is 0.584. The molecule has 0 spiro atoms. The number of nitrogens with one attached hydrogen (secondary N) is 1. The molecule has 1 unspecified atom stereocenters. The summed E-state index contributed by atoms with van der Waals surface area (Å²) >= 11 is 7.25. The van der Waals surface area contributed by atoms with Gasteiger partial charge in [0.1, 0.15) is 0 Å². The van der Waals surface area contributed by atoms with Gasteiger partial charge in [0.2, 0.25) is 0 Å². The second-order valence-corrected chi connectivity index (χ2v) is 9.95. The minimum Gasteiger partial charge on any atom is -0.380 e. The highest BCUT2D eigenvalue weighted by Crippen LogP contribution is 2.36. The minimum atomic E-state index is -3.60. The van der Waals surface area contributed by atoms with Gasteiger partial charge in [-0.05, 0) is 49.2 Å². The number of thiazole rings is 1. The SMILES string of the molecule is CC1Cc2ccccc2N1S(=O)(=O)c1ccc(NCc2cnc(Cl)s2)cc1. The van der Waals surface area contributed by atoms with Crippen molar-refractivity contribution >= 4 is 44.3 Å². The van der Waals surface area contributed by atoms with Crippen molar-refractivity contribution in [2.75, 3.05) is 9.62 Å². The largest absolute Gasteiger partial charge is 0.380 e. The predicted molar refractivity (Wildman–Crippen MR) is 110 cm³/mol. The third-order valence-electron chi connectivity index (χ3n) is 4.55. The van der Waals surface area contributed by atoms with E-state index in [2.05, 4.69) is 10.3 Å². The van der Waals surface area contributed by atoms with Crippen molar-refractivity contribution in [3.8, 4) is 0 Å². The number of nitrogens with zero attached hydrogens (tertiary/aromatic N) is 2. The van der Waals surface area contributed by atoms with Crippen LogP contribution < -0.4 is 9.62 Å². The van der Waals surface area contributed by atoms with Gasteiger partial charge in [-0.25, -0.2) is 13.4 Å². The summed E-state index contributed by atoms with van der Waals surface area (Å²) in [7, 11) is -3.60. The molecular formula is C19H18ClN3O2S2. The van der Waals surface area contributed by atoms with E-state index in [0.29, 0.717) is 11.0 Å². The van der Waals surface area contributed by atoms with Crippen LogP contribution in [0.3, 0.4) is 0 Å². The Morgan fingerprint density at radius 1 is 1.22 bits per heavy atom. The fourth-order valence-electron chi connectivity index (χ4n) is 3.32. The van der Waals surface area contributed by atoms with E-state index < -0.39 is 10.0 Å². The maximum absolute atomic E-state index is 13.2. The van der Waals surface area contributed by atoms with Crippen molar-refractivity contribution in [2.24, 2.45) is 0 Å². The second kappa shape index (κ2) is 7.14. The van der Waals surface area contributed by atoms with Crippen molar-refractivity contribution < 1.29 is 8.42 Å². The molecule has 140 valence electrons. The lowest BCUT2D eigenvalue weighted by atomic mass is 10.1. The smallest absolute Gasteiger partial charge is 0.264 e. The van der Waals surface area contributed by atoms with Crippen LogP contribution in [0.5, 0.6) is 0 Å². The summed E-state index contributed by atoms with van der Waals surface area (Å²) in [5.74, 6) is 0. The highest BCUT2D eigenvalue weighted by molar-refractivity contribution is 7.92. The lowest BCUT2D eigenvalue weighted by Crippen LogP contribution is -2.35. The average Bonchev–Trinajstić information content (AvgIpc) is 3.22. The summed E-state index contributed by atoms with van der Waals surface area (Å²) in [6.07, 6.45) is 2.46. The normalized spacial score (nSPS) is 16.4. The van der Waals surface area contributed by atoms with Gasteiger partial charge in [-0.1, -0.05) is 29.8 Å². The Bertz CT molecular complexity index is 1060. The first kappa shape index (κ1) is 18.3. The maximum Gasteiger partial charge on any atom is 0.264 e. The Balaban J connectivity index is 1.54. The van der Waals surface area contributed by atoms with Crippen molar-refractivity contribution in [1.29, 1.82) is 0 Å². The standard InChI is InChI=1S/C19H18ClN3O2S2/c1-13-10-14-4-2-3-5-18(14)23(13)27(24,25)17-8-6-15(7-9-17)21-11-16-12-22-19(20)26-16/h2-9,12-13,21H,10-11H2,1H3. The zero-order chi connectivity index (χ0) is 19.0. The Hall–Kier alpha value is -2.09. The van der Waals surface area contributed by atoms with E-state index in [1.165, 1.54) is 15.6 Å². The molecular weight excluding hydrogens is 402 g/mol. The van der Waals surface area contributed by atoms with Gasteiger partial charge in [0, 0.05) is 22.8 Å². The lowest BCUT2D eigenvalue weighted by Gasteiger charge is -2.24. The molecule has 0 bridgehead atoms. The van der Waals surface area contributed by atoms with E-state index in [9.17, 15) is 8.42 Å². The molecule has 8 heteroatoms. The van der Waals surface area contributed by atoms with Gasteiger partial charge in [-0.3, -0.25) is 4.31 Å². The summed E-state index contributed by atoms with van der Waals surface area (Å²) in [6, 6.07) is 14.4. The molecule has 4 rings (SSSR count). The number of hydrogen-bond donors (Lipinski definition) is 1. The Labute approximate surface area is 167 Å². The number of sulfonamides is 1. The van der Waals surface area contributed by atoms with Crippen LogP contribution in [0.4, 0.5) is 11.4 Å². The minimum absolute atomic E-state index is 0.0960. The molecule has 1 atom stereocenters. The molecule has 3 aromatic rings. The van der Waals surface area contributed by atoms with Crippen molar-refractivity contribution in [3.05, 3.63) is 69.6 Å². The van der Waals surface area contributed by atoms with Gasteiger partial charge < -0.3 is 5.32 Å². The highest BCUT2D eigenvalue weighted by atomic mass is 35.5. The third-order valence-corrected chi connectivity index (χ3v) is 7.61. The Morgan fingerprint density at radius 2 is 1.96 bits per heavy atom. The van der Waals surface area contributed by atoms with Crippen LogP contribution in [0.15, 0.2) is 59.6 Å². The zero-order valence-corrected chi connectivity index (χ0v) is 17.0. The number of aromatic nitrogens is 1. The number of anilines is 2. The molecule has 0 saturated heterocycles. The molecule has 0 radical (unpaired) electrons. The average molecular weight is 420 g/mol. The van der Waals surface area contributed by atoms with Crippen LogP contribution in [0.2, 0.25) is 4.47 Å². The first-order chi connectivity index (χ1) is 12.9. The van der Waals surface area contributed by atoms with Gasteiger partial charge in [0.25, 0.3) is 10.0 Å². The van der Waals surface area contributed by atoms with E-state index in [-0.39, 0.29) is 10.9 Å². The molecule has 1 aliphatic rings. The van der Waals surface area contributed by atoms with Crippen LogP contribution >= 0.6 is 22.9 Å². The number of rotatable bonds is 5. The second-order valence-electron chi connectivity index (χ2n) is 6.44. The van der Waals surface area contributed by atoms with Gasteiger partial charge in [0.15, 0.2) is 4.47 Å². The van der Waals surface area contributed by atoms with Crippen molar-refractivity contribution in [2.45, 2.75) is 30.8 Å². The fourth-order valence-corrected chi connectivity index (χ4v) is 5.93. The van der Waals surface area contributed by atoms with Crippen LogP contribution in [0.25, 0.3) is 0 Å². The summed E-state index contributed by atoms with van der Waals surface area (Å²) in [5, 5.41) is 3.25. The van der Waals surface area contributed by atoms with Gasteiger partial charge in [-0.15, -0.1) is 11.3 Å². The first-order valence-corrected chi connectivity index (χ1v) is 11.1. The third kappa shape index (κ3) is 3.54. The topological polar surface area (TPSA) is 62.3 Å². The van der Waals surface area contributed by atoms with Crippen LogP contribution in [0.1, 0.15) is 17.4 Å². The molecule has 0 amide bonds. The monoisotopic (exact) mass is 419 g/mol. The molecule has 27 heavy (non-hydrogen) atoms. The molecule has 0 fully saturated rings. The quantitative estimate of drug-likeness (QED) is 0.659. The molecule has 1 aromatic heterocycles. The van der Waals surface area contributed by atoms with E-state index in [1.54, 1.807) is 30.5 Å². The number of para-hydroxylation sites is 1. The molecule has 2 aromatic carbocycles. The van der Waals surface area contributed by atoms with Gasteiger partial charge in [-0.2, -0.15) is 0 Å². The van der Waals surface area contributed by atoms with E-state index in [4.69, 9.17) is 11.6 Å². The van der Waals surface area contributed by atoms with Crippen molar-refractivity contribution in [3.63, 3.8) is 0 Å². The molecule has 0 aliphatic carbocycles. The van der Waals surface area contributed by atoms with Crippen LogP contribution in [-0.2, 0) is 23.0 Å². The summed E-state index contributed by atoms with van der Waals surface area (Å²) < 4.78 is 28.4. The van der Waals surface area contributed by atoms with E-state index in [1.807, 2.05) is 31.2 Å². The summed E-state index contributed by atoms with van der Waals surface area (Å²) in [6.45, 7) is 2.53. The predicted octanol–water partition coefficient (Wildman–Crippen LogP) is 4.55. The maximum atomic E-state index is 13.2. The number of fused-ring (bicyclic) bond motifs is 1. The molecule has 5 nitrogen and oxygen atoms in total. The van der Waals surface area contributed by atoms with E-state index >= 15 is 0 Å². The first-order valence-electron chi connectivity index (χ1n) is 8.51. The summed E-state index contributed by atoms with van der Waals surface area (Å²) in [4.78, 5) is 5.31. The number of halogens is 1.